The van der Waals surface area contributed by atoms with Gasteiger partial charge in [0.25, 0.3) is 0 Å². The van der Waals surface area contributed by atoms with Gasteiger partial charge in [-0.15, -0.1) is 0 Å². The molecule has 1 aliphatic carbocycles. The highest BCUT2D eigenvalue weighted by molar-refractivity contribution is 6.31. The first-order valence-corrected chi connectivity index (χ1v) is 7.71. The number of hydrogen-bond acceptors (Lipinski definition) is 1. The molecule has 0 unspecified atom stereocenters. The summed E-state index contributed by atoms with van der Waals surface area (Å²) in [6, 6.07) is 12.9. The number of benzene rings is 2. The van der Waals surface area contributed by atoms with Crippen LogP contribution in [0.2, 0.25) is 5.02 Å². The molecule has 0 bridgehead atoms. The first kappa shape index (κ1) is 13.5. The summed E-state index contributed by atoms with van der Waals surface area (Å²) in [5, 5.41) is 4.42. The van der Waals surface area contributed by atoms with E-state index in [0.29, 0.717) is 0 Å². The van der Waals surface area contributed by atoms with Crippen molar-refractivity contribution >= 4 is 17.3 Å². The van der Waals surface area contributed by atoms with Gasteiger partial charge in [-0.25, -0.2) is 0 Å². The van der Waals surface area contributed by atoms with Crippen LogP contribution in [-0.4, -0.2) is 0 Å². The Morgan fingerprint density at radius 2 is 1.95 bits per heavy atom. The minimum Gasteiger partial charge on any atom is -0.381 e. The van der Waals surface area contributed by atoms with Crippen LogP contribution in [0.4, 0.5) is 5.69 Å². The van der Waals surface area contributed by atoms with E-state index in [2.05, 4.69) is 41.7 Å². The summed E-state index contributed by atoms with van der Waals surface area (Å²) in [5.74, 6) is 0. The third-order valence-electron chi connectivity index (χ3n) is 4.12. The van der Waals surface area contributed by atoms with Gasteiger partial charge in [0.1, 0.15) is 0 Å². The Morgan fingerprint density at radius 3 is 2.80 bits per heavy atom. The van der Waals surface area contributed by atoms with E-state index in [1.807, 2.05) is 6.92 Å². The van der Waals surface area contributed by atoms with E-state index in [1.54, 1.807) is 0 Å². The highest BCUT2D eigenvalue weighted by Gasteiger charge is 2.12. The van der Waals surface area contributed by atoms with E-state index in [-0.39, 0.29) is 0 Å². The lowest BCUT2D eigenvalue weighted by molar-refractivity contribution is 0.686. The van der Waals surface area contributed by atoms with Crippen LogP contribution >= 0.6 is 11.6 Å². The zero-order valence-electron chi connectivity index (χ0n) is 11.9. The smallest absolute Gasteiger partial charge is 0.0438 e. The van der Waals surface area contributed by atoms with Crippen LogP contribution in [0.5, 0.6) is 0 Å². The summed E-state index contributed by atoms with van der Waals surface area (Å²) < 4.78 is 0. The van der Waals surface area contributed by atoms with Gasteiger partial charge >= 0.3 is 0 Å². The van der Waals surface area contributed by atoms with Crippen LogP contribution in [0.3, 0.4) is 0 Å². The Balaban J connectivity index is 1.76. The Kier molecular flexibility index (Phi) is 3.98. The first-order valence-electron chi connectivity index (χ1n) is 7.34. The molecule has 2 heteroatoms. The second-order valence-corrected chi connectivity index (χ2v) is 5.99. The number of rotatable bonds is 3. The average molecular weight is 286 g/mol. The van der Waals surface area contributed by atoms with Gasteiger partial charge in [-0.05, 0) is 67.0 Å². The lowest BCUT2D eigenvalue weighted by Gasteiger charge is -2.20. The van der Waals surface area contributed by atoms with Gasteiger partial charge in [0.15, 0.2) is 0 Å². The minimum atomic E-state index is 0.830. The molecule has 0 fully saturated rings. The zero-order chi connectivity index (χ0) is 13.9. The molecular weight excluding hydrogens is 266 g/mol. The van der Waals surface area contributed by atoms with Gasteiger partial charge in [0.05, 0.1) is 0 Å². The van der Waals surface area contributed by atoms with Crippen molar-refractivity contribution in [3.05, 3.63) is 63.7 Å². The highest BCUT2D eigenvalue weighted by atomic mass is 35.5. The molecule has 0 heterocycles. The predicted molar refractivity (Wildman–Crippen MR) is 86.6 cm³/mol. The SMILES string of the molecule is Cc1ccc(CNc2cccc3c2CCCC3)cc1Cl. The fourth-order valence-corrected chi connectivity index (χ4v) is 3.09. The van der Waals surface area contributed by atoms with E-state index in [0.717, 1.165) is 17.1 Å². The molecular formula is C18H20ClN. The number of hydrogen-bond donors (Lipinski definition) is 1. The largest absolute Gasteiger partial charge is 0.381 e. The van der Waals surface area contributed by atoms with Crippen LogP contribution in [0.15, 0.2) is 36.4 Å². The molecule has 2 aromatic rings. The monoisotopic (exact) mass is 285 g/mol. The van der Waals surface area contributed by atoms with Crippen molar-refractivity contribution in [1.29, 1.82) is 0 Å². The van der Waals surface area contributed by atoms with E-state index in [9.17, 15) is 0 Å². The van der Waals surface area contributed by atoms with Crippen molar-refractivity contribution in [2.45, 2.75) is 39.2 Å². The normalized spacial score (nSPS) is 13.9. The maximum atomic E-state index is 6.18. The number of fused-ring (bicyclic) bond motifs is 1. The topological polar surface area (TPSA) is 12.0 Å². The van der Waals surface area contributed by atoms with Crippen molar-refractivity contribution < 1.29 is 0 Å². The minimum absolute atomic E-state index is 0.830. The van der Waals surface area contributed by atoms with Gasteiger partial charge < -0.3 is 5.32 Å². The summed E-state index contributed by atoms with van der Waals surface area (Å²) in [4.78, 5) is 0. The van der Waals surface area contributed by atoms with Gasteiger partial charge in [-0.1, -0.05) is 35.9 Å². The number of halogens is 1. The van der Waals surface area contributed by atoms with Gasteiger partial charge in [-0.3, -0.25) is 0 Å². The summed E-state index contributed by atoms with van der Waals surface area (Å²) in [6.07, 6.45) is 5.06. The van der Waals surface area contributed by atoms with E-state index in [4.69, 9.17) is 11.6 Å². The summed E-state index contributed by atoms with van der Waals surface area (Å²) in [7, 11) is 0. The van der Waals surface area contributed by atoms with Crippen molar-refractivity contribution in [3.8, 4) is 0 Å². The third kappa shape index (κ3) is 2.83. The zero-order valence-corrected chi connectivity index (χ0v) is 12.6. The molecule has 0 aliphatic heterocycles. The van der Waals surface area contributed by atoms with E-state index in [1.165, 1.54) is 48.1 Å². The van der Waals surface area contributed by atoms with Gasteiger partial charge in [0, 0.05) is 17.3 Å². The van der Waals surface area contributed by atoms with Crippen molar-refractivity contribution in [1.82, 2.24) is 0 Å². The second kappa shape index (κ2) is 5.88. The molecule has 104 valence electrons. The molecule has 0 aromatic heterocycles. The van der Waals surface area contributed by atoms with Crippen LogP contribution in [0.25, 0.3) is 0 Å². The summed E-state index contributed by atoms with van der Waals surface area (Å²) in [6.45, 7) is 2.86. The average Bonchev–Trinajstić information content (AvgIpc) is 2.48. The van der Waals surface area contributed by atoms with E-state index < -0.39 is 0 Å². The molecule has 1 N–H and O–H groups in total. The molecule has 0 amide bonds. The van der Waals surface area contributed by atoms with Gasteiger partial charge in [0.2, 0.25) is 0 Å². The number of aryl methyl sites for hydroxylation is 2. The molecule has 0 atom stereocenters. The van der Waals surface area contributed by atoms with E-state index >= 15 is 0 Å². The molecule has 1 aliphatic rings. The first-order chi connectivity index (χ1) is 9.74. The standard InChI is InChI=1S/C18H20ClN/c1-13-9-10-14(11-17(13)19)12-20-18-8-4-6-15-5-2-3-7-16(15)18/h4,6,8-11,20H,2-3,5,7,12H2,1H3. The predicted octanol–water partition coefficient (Wildman–Crippen LogP) is 5.14. The molecule has 3 rings (SSSR count). The maximum Gasteiger partial charge on any atom is 0.0438 e. The number of anilines is 1. The van der Waals surface area contributed by atoms with Crippen LogP contribution in [0.1, 0.15) is 35.1 Å². The third-order valence-corrected chi connectivity index (χ3v) is 4.52. The lowest BCUT2D eigenvalue weighted by atomic mass is 9.90. The second-order valence-electron chi connectivity index (χ2n) is 5.59. The Morgan fingerprint density at radius 1 is 1.10 bits per heavy atom. The highest BCUT2D eigenvalue weighted by Crippen LogP contribution is 2.28. The number of nitrogens with one attached hydrogen (secondary N) is 1. The Labute approximate surface area is 126 Å². The fraction of sp³-hybridized carbons (Fsp3) is 0.333. The molecule has 0 saturated heterocycles. The summed E-state index contributed by atoms with van der Waals surface area (Å²) >= 11 is 6.18. The van der Waals surface area contributed by atoms with Crippen LogP contribution in [0, 0.1) is 6.92 Å². The molecule has 0 radical (unpaired) electrons. The lowest BCUT2D eigenvalue weighted by Crippen LogP contribution is -2.08. The quantitative estimate of drug-likeness (QED) is 0.823. The molecule has 0 saturated carbocycles. The molecule has 1 nitrogen and oxygen atoms in total. The van der Waals surface area contributed by atoms with Crippen LogP contribution < -0.4 is 5.32 Å². The maximum absolute atomic E-state index is 6.18. The molecule has 2 aromatic carbocycles. The Hall–Kier alpha value is -1.47. The Bertz CT molecular complexity index is 619. The summed E-state index contributed by atoms with van der Waals surface area (Å²) in [5.41, 5.74) is 6.68. The van der Waals surface area contributed by atoms with Gasteiger partial charge in [-0.2, -0.15) is 0 Å². The molecule has 0 spiro atoms. The van der Waals surface area contributed by atoms with Crippen molar-refractivity contribution in [2.75, 3.05) is 5.32 Å². The fourth-order valence-electron chi connectivity index (χ4n) is 2.89. The molecule has 20 heavy (non-hydrogen) atoms. The van der Waals surface area contributed by atoms with Crippen molar-refractivity contribution in [2.24, 2.45) is 0 Å². The van der Waals surface area contributed by atoms with Crippen molar-refractivity contribution in [3.63, 3.8) is 0 Å². The van der Waals surface area contributed by atoms with Crippen LogP contribution in [-0.2, 0) is 19.4 Å².